The zero-order valence-electron chi connectivity index (χ0n) is 14.9. The van der Waals surface area contributed by atoms with E-state index in [9.17, 15) is 8.42 Å². The Morgan fingerprint density at radius 2 is 1.93 bits per heavy atom. The van der Waals surface area contributed by atoms with E-state index in [2.05, 4.69) is 15.0 Å². The lowest BCUT2D eigenvalue weighted by atomic mass is 10.2. The summed E-state index contributed by atoms with van der Waals surface area (Å²) in [6.45, 7) is 1.48. The van der Waals surface area contributed by atoms with Crippen LogP contribution in [0.15, 0.2) is 52.4 Å². The molecule has 144 valence electrons. The number of hydrogen-bond acceptors (Lipinski definition) is 5. The van der Waals surface area contributed by atoms with Crippen LogP contribution < -0.4 is 25.2 Å². The maximum absolute atomic E-state index is 11.9. The fraction of sp³-hybridized carbons (Fsp3) is 0.278. The number of fused-ring (bicyclic) bond motifs is 1. The Balaban J connectivity index is 1.68. The number of ether oxygens (including phenoxy) is 2. The Morgan fingerprint density at radius 1 is 1.15 bits per heavy atom. The molecule has 4 N–H and O–H groups in total. The molecule has 0 bridgehead atoms. The second-order valence-electron chi connectivity index (χ2n) is 5.89. The molecule has 0 aliphatic carbocycles. The van der Waals surface area contributed by atoms with E-state index in [0.717, 1.165) is 17.7 Å². The second-order valence-corrected chi connectivity index (χ2v) is 7.78. The highest BCUT2D eigenvalue weighted by molar-refractivity contribution is 7.89. The van der Waals surface area contributed by atoms with E-state index in [1.807, 2.05) is 18.2 Å². The minimum absolute atomic E-state index is 0.187. The Morgan fingerprint density at radius 3 is 2.70 bits per heavy atom. The van der Waals surface area contributed by atoms with Crippen molar-refractivity contribution >= 4 is 21.7 Å². The first-order valence-corrected chi connectivity index (χ1v) is 9.95. The van der Waals surface area contributed by atoms with Crippen molar-refractivity contribution < 1.29 is 17.9 Å². The smallest absolute Gasteiger partial charge is 0.240 e. The number of aliphatic imine (C=N–C) groups is 1. The van der Waals surface area contributed by atoms with E-state index in [1.165, 1.54) is 13.1 Å². The molecule has 9 heteroatoms. The van der Waals surface area contributed by atoms with Crippen LogP contribution in [0.5, 0.6) is 11.5 Å². The van der Waals surface area contributed by atoms with E-state index >= 15 is 0 Å². The first-order valence-electron chi connectivity index (χ1n) is 8.47. The van der Waals surface area contributed by atoms with Crippen molar-refractivity contribution in [3.05, 3.63) is 48.0 Å². The molecule has 2 aromatic rings. The largest absolute Gasteiger partial charge is 0.490 e. The third-order valence-corrected chi connectivity index (χ3v) is 5.34. The minimum atomic E-state index is -3.49. The summed E-state index contributed by atoms with van der Waals surface area (Å²) in [5.41, 5.74) is 7.41. The second kappa shape index (κ2) is 8.28. The first kappa shape index (κ1) is 19.0. The van der Waals surface area contributed by atoms with Crippen molar-refractivity contribution in [3.63, 3.8) is 0 Å². The molecule has 0 saturated carbocycles. The molecule has 0 aromatic heterocycles. The molecule has 0 atom stereocenters. The molecule has 0 amide bonds. The summed E-state index contributed by atoms with van der Waals surface area (Å²) < 4.78 is 37.3. The van der Waals surface area contributed by atoms with E-state index in [4.69, 9.17) is 15.2 Å². The molecular weight excluding hydrogens is 368 g/mol. The quantitative estimate of drug-likeness (QED) is 0.529. The van der Waals surface area contributed by atoms with Gasteiger partial charge >= 0.3 is 0 Å². The third-order valence-electron chi connectivity index (χ3n) is 3.93. The number of benzene rings is 2. The highest BCUT2D eigenvalue weighted by Crippen LogP contribution is 2.32. The molecule has 1 aliphatic rings. The maximum atomic E-state index is 11.9. The van der Waals surface area contributed by atoms with Gasteiger partial charge in [-0.1, -0.05) is 12.1 Å². The van der Waals surface area contributed by atoms with E-state index in [0.29, 0.717) is 24.7 Å². The Labute approximate surface area is 158 Å². The molecule has 0 radical (unpaired) electrons. The summed E-state index contributed by atoms with van der Waals surface area (Å²) in [4.78, 5) is 4.45. The van der Waals surface area contributed by atoms with Crippen LogP contribution in [-0.4, -0.2) is 34.6 Å². The Hall–Kier alpha value is -2.78. The molecule has 0 unspecified atom stereocenters. The number of nitrogens with zero attached hydrogens (tertiary/aromatic N) is 1. The van der Waals surface area contributed by atoms with Crippen molar-refractivity contribution in [3.8, 4) is 11.5 Å². The number of nitrogens with one attached hydrogen (secondary N) is 2. The Kier molecular flexibility index (Phi) is 5.82. The van der Waals surface area contributed by atoms with Gasteiger partial charge in [-0.05, 0) is 36.9 Å². The average Bonchev–Trinajstić information content (AvgIpc) is 2.91. The molecule has 1 aliphatic heterocycles. The van der Waals surface area contributed by atoms with Crippen molar-refractivity contribution in [2.24, 2.45) is 10.7 Å². The number of rotatable bonds is 5. The van der Waals surface area contributed by atoms with Gasteiger partial charge in [0.1, 0.15) is 0 Å². The maximum Gasteiger partial charge on any atom is 0.240 e. The molecule has 0 spiro atoms. The minimum Gasteiger partial charge on any atom is -0.490 e. The van der Waals surface area contributed by atoms with Crippen molar-refractivity contribution in [1.29, 1.82) is 0 Å². The summed E-state index contributed by atoms with van der Waals surface area (Å²) in [7, 11) is -2.12. The van der Waals surface area contributed by atoms with Gasteiger partial charge < -0.3 is 20.5 Å². The zero-order chi connectivity index (χ0) is 19.3. The molecule has 27 heavy (non-hydrogen) atoms. The number of anilines is 1. The molecule has 1 heterocycles. The highest BCUT2D eigenvalue weighted by atomic mass is 32.2. The molecule has 0 fully saturated rings. The van der Waals surface area contributed by atoms with Crippen molar-refractivity contribution in [2.45, 2.75) is 17.9 Å². The van der Waals surface area contributed by atoms with E-state index in [-0.39, 0.29) is 17.4 Å². The van der Waals surface area contributed by atoms with Gasteiger partial charge in [0.25, 0.3) is 0 Å². The lowest BCUT2D eigenvalue weighted by Crippen LogP contribution is -2.22. The fourth-order valence-corrected chi connectivity index (χ4v) is 3.33. The predicted octanol–water partition coefficient (Wildman–Crippen LogP) is 1.68. The monoisotopic (exact) mass is 390 g/mol. The van der Waals surface area contributed by atoms with Crippen LogP contribution in [0.2, 0.25) is 0 Å². The van der Waals surface area contributed by atoms with Crippen LogP contribution in [0, 0.1) is 0 Å². The lowest BCUT2D eigenvalue weighted by molar-refractivity contribution is 0.297. The first-order chi connectivity index (χ1) is 13.0. The van der Waals surface area contributed by atoms with E-state index < -0.39 is 10.0 Å². The summed E-state index contributed by atoms with van der Waals surface area (Å²) in [6.07, 6.45) is 0.837. The molecular formula is C18H22N4O4S. The third kappa shape index (κ3) is 4.89. The van der Waals surface area contributed by atoms with Crippen LogP contribution in [0.4, 0.5) is 5.69 Å². The fourth-order valence-electron chi connectivity index (χ4n) is 2.53. The number of guanidine groups is 1. The van der Waals surface area contributed by atoms with Gasteiger partial charge in [0.05, 0.1) is 24.7 Å². The highest BCUT2D eigenvalue weighted by Gasteiger charge is 2.12. The molecule has 2 aromatic carbocycles. The van der Waals surface area contributed by atoms with Crippen LogP contribution in [-0.2, 0) is 16.6 Å². The summed E-state index contributed by atoms with van der Waals surface area (Å²) in [5.74, 6) is 1.58. The normalized spacial score (nSPS) is 14.5. The molecule has 0 saturated heterocycles. The zero-order valence-corrected chi connectivity index (χ0v) is 15.8. The van der Waals surface area contributed by atoms with Crippen LogP contribution in [0.3, 0.4) is 0 Å². The van der Waals surface area contributed by atoms with Gasteiger partial charge in [-0.2, -0.15) is 0 Å². The van der Waals surface area contributed by atoms with Crippen molar-refractivity contribution in [2.75, 3.05) is 25.6 Å². The van der Waals surface area contributed by atoms with E-state index in [1.54, 1.807) is 18.2 Å². The van der Waals surface area contributed by atoms with Gasteiger partial charge in [0, 0.05) is 18.2 Å². The SMILES string of the molecule is CNS(=O)(=O)c1cccc(CN=C(N)Nc2ccc3c(c2)OCCCO3)c1. The van der Waals surface area contributed by atoms with Crippen LogP contribution in [0.25, 0.3) is 0 Å². The topological polar surface area (TPSA) is 115 Å². The van der Waals surface area contributed by atoms with Gasteiger partial charge in [-0.25, -0.2) is 18.1 Å². The lowest BCUT2D eigenvalue weighted by Gasteiger charge is -2.11. The van der Waals surface area contributed by atoms with Gasteiger partial charge in [-0.15, -0.1) is 0 Å². The summed E-state index contributed by atoms with van der Waals surface area (Å²) in [5, 5.41) is 3.00. The summed E-state index contributed by atoms with van der Waals surface area (Å²) >= 11 is 0. The predicted molar refractivity (Wildman–Crippen MR) is 104 cm³/mol. The number of nitrogens with two attached hydrogens (primary N) is 1. The molecule has 8 nitrogen and oxygen atoms in total. The number of sulfonamides is 1. The van der Waals surface area contributed by atoms with Crippen molar-refractivity contribution in [1.82, 2.24) is 4.72 Å². The number of hydrogen-bond donors (Lipinski definition) is 3. The standard InChI is InChI=1S/C18H22N4O4S/c1-20-27(23,24)15-5-2-4-13(10-15)12-21-18(19)22-14-6-7-16-17(11-14)26-9-3-8-25-16/h2,4-7,10-11,20H,3,8-9,12H2,1H3,(H3,19,21,22). The molecule has 3 rings (SSSR count). The van der Waals surface area contributed by atoms with Crippen LogP contribution in [0.1, 0.15) is 12.0 Å². The van der Waals surface area contributed by atoms with Gasteiger partial charge in [0.15, 0.2) is 17.5 Å². The van der Waals surface area contributed by atoms with Crippen LogP contribution >= 0.6 is 0 Å². The van der Waals surface area contributed by atoms with Gasteiger partial charge in [0.2, 0.25) is 10.0 Å². The summed E-state index contributed by atoms with van der Waals surface area (Å²) in [6, 6.07) is 12.0. The Bertz CT molecular complexity index is 944. The average molecular weight is 390 g/mol. The van der Waals surface area contributed by atoms with Gasteiger partial charge in [-0.3, -0.25) is 0 Å².